The highest BCUT2D eigenvalue weighted by Crippen LogP contribution is 2.32. The average Bonchev–Trinajstić information content (AvgIpc) is 2.80. The summed E-state index contributed by atoms with van der Waals surface area (Å²) in [5, 5.41) is 0. The maximum Gasteiger partial charge on any atom is 0.338 e. The second-order valence-electron chi connectivity index (χ2n) is 9.89. The van der Waals surface area contributed by atoms with Crippen molar-refractivity contribution in [1.82, 2.24) is 0 Å². The van der Waals surface area contributed by atoms with Crippen LogP contribution in [0.5, 0.6) is 0 Å². The Morgan fingerprint density at radius 2 is 1.68 bits per heavy atom. The Labute approximate surface area is 205 Å². The van der Waals surface area contributed by atoms with Crippen molar-refractivity contribution in [3.8, 4) is 11.1 Å². The standard InChI is InChI=1S/C29H36O4Si/c1-20-11-8-9-14-24(20)26-18-22(15-16-25(26)27(30)31-5)28(33-34(6)7)32-19-21-12-10-13-23(17-21)29(2,3)4/h8-18,28,34H,19H2,1-7H3. The van der Waals surface area contributed by atoms with Gasteiger partial charge in [-0.2, -0.15) is 0 Å². The molecular formula is C29H36O4Si. The first-order valence-electron chi connectivity index (χ1n) is 11.7. The summed E-state index contributed by atoms with van der Waals surface area (Å²) in [7, 11) is -0.00934. The number of carbonyl (C=O) groups is 1. The van der Waals surface area contributed by atoms with Crippen LogP contribution in [-0.4, -0.2) is 22.1 Å². The Kier molecular flexibility index (Phi) is 8.47. The van der Waals surface area contributed by atoms with Gasteiger partial charge in [0.25, 0.3) is 0 Å². The second kappa shape index (κ2) is 11.1. The fraction of sp³-hybridized carbons (Fsp3) is 0.345. The zero-order valence-electron chi connectivity index (χ0n) is 21.3. The number of hydrogen-bond acceptors (Lipinski definition) is 4. The molecular weight excluding hydrogens is 440 g/mol. The number of carbonyl (C=O) groups excluding carboxylic acids is 1. The topological polar surface area (TPSA) is 44.8 Å². The summed E-state index contributed by atoms with van der Waals surface area (Å²) in [6, 6.07) is 22.2. The molecule has 34 heavy (non-hydrogen) atoms. The molecule has 0 spiro atoms. The van der Waals surface area contributed by atoms with Gasteiger partial charge in [-0.25, -0.2) is 4.79 Å². The van der Waals surface area contributed by atoms with E-state index in [1.54, 1.807) is 0 Å². The van der Waals surface area contributed by atoms with Gasteiger partial charge in [-0.1, -0.05) is 75.4 Å². The van der Waals surface area contributed by atoms with Gasteiger partial charge in [-0.05, 0) is 65.4 Å². The lowest BCUT2D eigenvalue weighted by Gasteiger charge is -2.24. The molecule has 0 radical (unpaired) electrons. The summed E-state index contributed by atoms with van der Waals surface area (Å²) in [5.74, 6) is -0.361. The van der Waals surface area contributed by atoms with Gasteiger partial charge in [0, 0.05) is 5.56 Å². The van der Waals surface area contributed by atoms with E-state index >= 15 is 0 Å². The van der Waals surface area contributed by atoms with E-state index in [1.807, 2.05) is 49.4 Å². The maximum atomic E-state index is 12.5. The Bertz CT molecular complexity index is 1130. The maximum absolute atomic E-state index is 12.5. The highest BCUT2D eigenvalue weighted by Gasteiger charge is 2.21. The monoisotopic (exact) mass is 476 g/mol. The third-order valence-corrected chi connectivity index (χ3v) is 6.54. The number of hydrogen-bond donors (Lipinski definition) is 0. The predicted octanol–water partition coefficient (Wildman–Crippen LogP) is 6.96. The zero-order chi connectivity index (χ0) is 24.9. The summed E-state index contributed by atoms with van der Waals surface area (Å²) in [5.41, 5.74) is 6.76. The third-order valence-electron chi connectivity index (χ3n) is 5.75. The molecule has 0 heterocycles. The molecule has 180 valence electrons. The Morgan fingerprint density at radius 3 is 2.32 bits per heavy atom. The van der Waals surface area contributed by atoms with Crippen molar-refractivity contribution in [2.24, 2.45) is 0 Å². The Balaban J connectivity index is 1.97. The van der Waals surface area contributed by atoms with Crippen molar-refractivity contribution in [3.63, 3.8) is 0 Å². The van der Waals surface area contributed by atoms with Crippen LogP contribution in [0.15, 0.2) is 66.7 Å². The average molecular weight is 477 g/mol. The molecule has 3 aromatic carbocycles. The van der Waals surface area contributed by atoms with Crippen molar-refractivity contribution in [2.45, 2.75) is 59.1 Å². The van der Waals surface area contributed by atoms with Crippen molar-refractivity contribution < 1.29 is 18.7 Å². The van der Waals surface area contributed by atoms with Crippen LogP contribution in [0.1, 0.15) is 59.7 Å². The Morgan fingerprint density at radius 1 is 0.941 bits per heavy atom. The van der Waals surface area contributed by atoms with E-state index in [4.69, 9.17) is 13.9 Å². The summed E-state index contributed by atoms with van der Waals surface area (Å²) in [6.07, 6.45) is -0.514. The fourth-order valence-electron chi connectivity index (χ4n) is 3.86. The molecule has 0 bridgehead atoms. The van der Waals surface area contributed by atoms with Gasteiger partial charge < -0.3 is 13.9 Å². The van der Waals surface area contributed by atoms with Crippen LogP contribution in [0.4, 0.5) is 0 Å². The predicted molar refractivity (Wildman–Crippen MR) is 141 cm³/mol. The molecule has 5 heteroatoms. The molecule has 0 aliphatic carbocycles. The van der Waals surface area contributed by atoms with Crippen molar-refractivity contribution in [1.29, 1.82) is 0 Å². The number of ether oxygens (including phenoxy) is 2. The molecule has 0 saturated carbocycles. The van der Waals surface area contributed by atoms with E-state index in [0.29, 0.717) is 12.2 Å². The summed E-state index contributed by atoms with van der Waals surface area (Å²) in [6.45, 7) is 13.4. The molecule has 1 unspecified atom stereocenters. The number of benzene rings is 3. The number of methoxy groups -OCH3 is 1. The minimum atomic E-state index is -1.42. The highest BCUT2D eigenvalue weighted by atomic mass is 28.3. The first kappa shape index (κ1) is 25.9. The highest BCUT2D eigenvalue weighted by molar-refractivity contribution is 6.48. The molecule has 0 fully saturated rings. The lowest BCUT2D eigenvalue weighted by atomic mass is 9.86. The van der Waals surface area contributed by atoms with E-state index in [1.165, 1.54) is 12.7 Å². The van der Waals surface area contributed by atoms with Crippen molar-refractivity contribution in [2.75, 3.05) is 7.11 Å². The zero-order valence-corrected chi connectivity index (χ0v) is 22.5. The first-order chi connectivity index (χ1) is 16.1. The van der Waals surface area contributed by atoms with Crippen molar-refractivity contribution in [3.05, 3.63) is 94.5 Å². The fourth-order valence-corrected chi connectivity index (χ4v) is 4.59. The molecule has 0 saturated heterocycles. The van der Waals surface area contributed by atoms with Gasteiger partial charge in [0.2, 0.25) is 0 Å². The molecule has 0 N–H and O–H groups in total. The van der Waals surface area contributed by atoms with E-state index < -0.39 is 15.3 Å². The molecule has 3 rings (SSSR count). The SMILES string of the molecule is COC(=O)c1ccc(C(OCc2cccc(C(C)(C)C)c2)O[SiH](C)C)cc1-c1ccccc1C. The summed E-state index contributed by atoms with van der Waals surface area (Å²) < 4.78 is 17.7. The first-order valence-corrected chi connectivity index (χ1v) is 14.5. The molecule has 0 aliphatic rings. The minimum absolute atomic E-state index is 0.0723. The Hall–Kier alpha value is -2.73. The number of esters is 1. The summed E-state index contributed by atoms with van der Waals surface area (Å²) >= 11 is 0. The molecule has 0 amide bonds. The van der Waals surface area contributed by atoms with Gasteiger partial charge in [0.05, 0.1) is 19.3 Å². The third kappa shape index (κ3) is 6.44. The van der Waals surface area contributed by atoms with Crippen molar-refractivity contribution >= 4 is 15.0 Å². The number of rotatable bonds is 8. The van der Waals surface area contributed by atoms with Gasteiger partial charge in [0.15, 0.2) is 15.3 Å². The molecule has 4 nitrogen and oxygen atoms in total. The lowest BCUT2D eigenvalue weighted by Crippen LogP contribution is -2.18. The molecule has 0 aromatic heterocycles. The smallest absolute Gasteiger partial charge is 0.338 e. The van der Waals surface area contributed by atoms with E-state index in [2.05, 4.69) is 58.1 Å². The van der Waals surface area contributed by atoms with Crippen LogP contribution in [0, 0.1) is 6.92 Å². The lowest BCUT2D eigenvalue weighted by molar-refractivity contribution is -0.0949. The van der Waals surface area contributed by atoms with Gasteiger partial charge in [0.1, 0.15) is 0 Å². The van der Waals surface area contributed by atoms with Crippen LogP contribution in [0.3, 0.4) is 0 Å². The molecule has 0 aliphatic heterocycles. The van der Waals surface area contributed by atoms with E-state index in [-0.39, 0.29) is 11.4 Å². The second-order valence-corrected chi connectivity index (χ2v) is 12.3. The van der Waals surface area contributed by atoms with Gasteiger partial charge in [-0.3, -0.25) is 0 Å². The van der Waals surface area contributed by atoms with Gasteiger partial charge >= 0.3 is 5.97 Å². The molecule has 3 aromatic rings. The minimum Gasteiger partial charge on any atom is -0.465 e. The van der Waals surface area contributed by atoms with Crippen LogP contribution < -0.4 is 0 Å². The van der Waals surface area contributed by atoms with E-state index in [0.717, 1.165) is 27.8 Å². The largest absolute Gasteiger partial charge is 0.465 e. The normalized spacial score (nSPS) is 12.6. The quantitative estimate of drug-likeness (QED) is 0.200. The van der Waals surface area contributed by atoms with Crippen LogP contribution >= 0.6 is 0 Å². The van der Waals surface area contributed by atoms with Gasteiger partial charge in [-0.15, -0.1) is 0 Å². The molecule has 1 atom stereocenters. The van der Waals surface area contributed by atoms with E-state index in [9.17, 15) is 4.79 Å². The number of aryl methyl sites for hydroxylation is 1. The summed E-state index contributed by atoms with van der Waals surface area (Å²) in [4.78, 5) is 12.5. The van der Waals surface area contributed by atoms with Crippen LogP contribution in [-0.2, 0) is 25.9 Å². The van der Waals surface area contributed by atoms with Crippen LogP contribution in [0.25, 0.3) is 11.1 Å². The van der Waals surface area contributed by atoms with Crippen LogP contribution in [0.2, 0.25) is 13.1 Å².